The summed E-state index contributed by atoms with van der Waals surface area (Å²) < 4.78 is 5.51. The monoisotopic (exact) mass is 424 g/mol. The van der Waals surface area contributed by atoms with Crippen molar-refractivity contribution >= 4 is 23.2 Å². The Balaban J connectivity index is 1.38. The van der Waals surface area contributed by atoms with E-state index < -0.39 is 0 Å². The standard InChI is InChI=1S/C28H28N2O2/c1-32-27-14-8-5-11-22(27)19-25-24-12-6-7-13-26(24)30(28(25)31)23-15-17-29(18-16-23)20-21-9-3-2-4-10-21/h2-14,19,23H,15-18,20H2,1H3/b25-19-. The minimum Gasteiger partial charge on any atom is -0.496 e. The maximum absolute atomic E-state index is 13.6. The lowest BCUT2D eigenvalue weighted by atomic mass is 10.0. The molecule has 2 aliphatic heterocycles. The average molecular weight is 425 g/mol. The van der Waals surface area contributed by atoms with Crippen LogP contribution < -0.4 is 9.64 Å². The number of amides is 1. The minimum absolute atomic E-state index is 0.0959. The highest BCUT2D eigenvalue weighted by Gasteiger charge is 2.38. The number of anilines is 1. The Bertz CT molecular complexity index is 1130. The minimum atomic E-state index is 0.0959. The third-order valence-corrected chi connectivity index (χ3v) is 6.51. The van der Waals surface area contributed by atoms with Crippen LogP contribution in [-0.2, 0) is 11.3 Å². The largest absolute Gasteiger partial charge is 0.496 e. The van der Waals surface area contributed by atoms with Crippen LogP contribution in [-0.4, -0.2) is 37.0 Å². The van der Waals surface area contributed by atoms with Gasteiger partial charge in [-0.05, 0) is 36.6 Å². The van der Waals surface area contributed by atoms with Crippen LogP contribution in [0.15, 0.2) is 78.9 Å². The second-order valence-corrected chi connectivity index (χ2v) is 8.49. The number of benzene rings is 3. The molecule has 0 N–H and O–H groups in total. The third-order valence-electron chi connectivity index (χ3n) is 6.51. The molecule has 0 bridgehead atoms. The molecule has 0 unspecified atom stereocenters. The van der Waals surface area contributed by atoms with E-state index in [1.165, 1.54) is 5.56 Å². The van der Waals surface area contributed by atoms with Gasteiger partial charge in [-0.3, -0.25) is 9.69 Å². The van der Waals surface area contributed by atoms with Gasteiger partial charge in [-0.2, -0.15) is 0 Å². The van der Waals surface area contributed by atoms with Crippen LogP contribution in [0.3, 0.4) is 0 Å². The van der Waals surface area contributed by atoms with E-state index >= 15 is 0 Å². The number of carbonyl (C=O) groups excluding carboxylic acids is 1. The maximum Gasteiger partial charge on any atom is 0.259 e. The summed E-state index contributed by atoms with van der Waals surface area (Å²) in [5.74, 6) is 0.872. The fraction of sp³-hybridized carbons (Fsp3) is 0.250. The number of rotatable bonds is 5. The summed E-state index contributed by atoms with van der Waals surface area (Å²) in [6, 6.07) is 26.8. The molecule has 5 rings (SSSR count). The van der Waals surface area contributed by atoms with Gasteiger partial charge < -0.3 is 9.64 Å². The van der Waals surface area contributed by atoms with Crippen LogP contribution in [0, 0.1) is 0 Å². The van der Waals surface area contributed by atoms with Crippen LogP contribution in [0.25, 0.3) is 11.6 Å². The van der Waals surface area contributed by atoms with E-state index in [2.05, 4.69) is 47.4 Å². The first-order valence-corrected chi connectivity index (χ1v) is 11.3. The van der Waals surface area contributed by atoms with Crippen molar-refractivity contribution in [1.29, 1.82) is 0 Å². The van der Waals surface area contributed by atoms with Gasteiger partial charge in [0.25, 0.3) is 5.91 Å². The van der Waals surface area contributed by atoms with Crippen LogP contribution in [0.5, 0.6) is 5.75 Å². The van der Waals surface area contributed by atoms with Gasteiger partial charge in [0.15, 0.2) is 0 Å². The van der Waals surface area contributed by atoms with E-state index in [9.17, 15) is 4.79 Å². The van der Waals surface area contributed by atoms with Crippen molar-refractivity contribution < 1.29 is 9.53 Å². The van der Waals surface area contributed by atoms with Crippen molar-refractivity contribution in [2.45, 2.75) is 25.4 Å². The molecule has 1 saturated heterocycles. The highest BCUT2D eigenvalue weighted by Crippen LogP contribution is 2.41. The molecule has 0 radical (unpaired) electrons. The Morgan fingerprint density at radius 2 is 1.59 bits per heavy atom. The van der Waals surface area contributed by atoms with Crippen molar-refractivity contribution in [2.75, 3.05) is 25.1 Å². The van der Waals surface area contributed by atoms with Gasteiger partial charge in [-0.15, -0.1) is 0 Å². The molecule has 0 atom stereocenters. The predicted molar refractivity (Wildman–Crippen MR) is 130 cm³/mol. The molecule has 0 aliphatic carbocycles. The smallest absolute Gasteiger partial charge is 0.259 e. The summed E-state index contributed by atoms with van der Waals surface area (Å²) in [5.41, 5.74) is 5.05. The number of ether oxygens (including phenoxy) is 1. The number of carbonyl (C=O) groups is 1. The first-order chi connectivity index (χ1) is 15.7. The Hall–Kier alpha value is -3.37. The van der Waals surface area contributed by atoms with Crippen LogP contribution >= 0.6 is 0 Å². The second-order valence-electron chi connectivity index (χ2n) is 8.49. The molecule has 1 amide bonds. The number of nitrogens with zero attached hydrogens (tertiary/aromatic N) is 2. The quantitative estimate of drug-likeness (QED) is 0.525. The number of likely N-dealkylation sites (tertiary alicyclic amines) is 1. The van der Waals surface area contributed by atoms with E-state index in [0.29, 0.717) is 0 Å². The normalized spacial score (nSPS) is 18.2. The molecule has 0 saturated carbocycles. The molecule has 162 valence electrons. The van der Waals surface area contributed by atoms with E-state index in [0.717, 1.165) is 60.6 Å². The molecular weight excluding hydrogens is 396 g/mol. The van der Waals surface area contributed by atoms with Crippen molar-refractivity contribution in [2.24, 2.45) is 0 Å². The van der Waals surface area contributed by atoms with Crippen molar-refractivity contribution in [3.05, 3.63) is 95.6 Å². The zero-order valence-electron chi connectivity index (χ0n) is 18.4. The first-order valence-electron chi connectivity index (χ1n) is 11.3. The Morgan fingerprint density at radius 1 is 0.906 bits per heavy atom. The predicted octanol–water partition coefficient (Wildman–Crippen LogP) is 5.25. The van der Waals surface area contributed by atoms with E-state index in [1.54, 1.807) is 7.11 Å². The Kier molecular flexibility index (Phi) is 5.78. The molecule has 2 heterocycles. The highest BCUT2D eigenvalue weighted by molar-refractivity contribution is 6.36. The molecule has 0 spiro atoms. The van der Waals surface area contributed by atoms with Crippen molar-refractivity contribution in [3.63, 3.8) is 0 Å². The molecule has 3 aromatic carbocycles. The summed E-state index contributed by atoms with van der Waals surface area (Å²) in [5, 5.41) is 0. The number of methoxy groups -OCH3 is 1. The zero-order chi connectivity index (χ0) is 21.9. The molecule has 4 heteroatoms. The first kappa shape index (κ1) is 20.5. The average Bonchev–Trinajstić information content (AvgIpc) is 3.12. The molecule has 2 aliphatic rings. The van der Waals surface area contributed by atoms with Gasteiger partial charge in [0.2, 0.25) is 0 Å². The van der Waals surface area contributed by atoms with Gasteiger partial charge in [0.05, 0.1) is 12.8 Å². The number of hydrogen-bond donors (Lipinski definition) is 0. The zero-order valence-corrected chi connectivity index (χ0v) is 18.4. The van der Waals surface area contributed by atoms with Gasteiger partial charge in [0, 0.05) is 42.4 Å². The van der Waals surface area contributed by atoms with Crippen LogP contribution in [0.1, 0.15) is 29.5 Å². The van der Waals surface area contributed by atoms with Gasteiger partial charge in [-0.25, -0.2) is 0 Å². The molecule has 4 nitrogen and oxygen atoms in total. The number of fused-ring (bicyclic) bond motifs is 1. The lowest BCUT2D eigenvalue weighted by Gasteiger charge is -2.37. The number of hydrogen-bond acceptors (Lipinski definition) is 3. The summed E-state index contributed by atoms with van der Waals surface area (Å²) in [7, 11) is 1.66. The SMILES string of the molecule is COc1ccccc1/C=C1\C(=O)N(C2CCN(Cc3ccccc3)CC2)c2ccccc21. The lowest BCUT2D eigenvalue weighted by Crippen LogP contribution is -2.46. The molecule has 3 aromatic rings. The molecule has 0 aromatic heterocycles. The van der Waals surface area contributed by atoms with E-state index in [4.69, 9.17) is 4.74 Å². The summed E-state index contributed by atoms with van der Waals surface area (Å²) in [6.45, 7) is 2.96. The van der Waals surface area contributed by atoms with E-state index in [1.807, 2.05) is 47.4 Å². The van der Waals surface area contributed by atoms with Gasteiger partial charge in [0.1, 0.15) is 5.75 Å². The number of para-hydroxylation sites is 2. The van der Waals surface area contributed by atoms with Crippen molar-refractivity contribution in [3.8, 4) is 5.75 Å². The van der Waals surface area contributed by atoms with Gasteiger partial charge in [-0.1, -0.05) is 66.7 Å². The molecule has 1 fully saturated rings. The van der Waals surface area contributed by atoms with Crippen LogP contribution in [0.2, 0.25) is 0 Å². The molecular formula is C28H28N2O2. The second kappa shape index (κ2) is 9.01. The highest BCUT2D eigenvalue weighted by atomic mass is 16.5. The topological polar surface area (TPSA) is 32.8 Å². The fourth-order valence-corrected chi connectivity index (χ4v) is 4.89. The third kappa shape index (κ3) is 3.94. The number of piperidine rings is 1. The van der Waals surface area contributed by atoms with Crippen LogP contribution in [0.4, 0.5) is 5.69 Å². The summed E-state index contributed by atoms with van der Waals surface area (Å²) in [4.78, 5) is 18.2. The van der Waals surface area contributed by atoms with E-state index in [-0.39, 0.29) is 11.9 Å². The fourth-order valence-electron chi connectivity index (χ4n) is 4.89. The lowest BCUT2D eigenvalue weighted by molar-refractivity contribution is -0.113. The Labute approximate surface area is 189 Å². The Morgan fingerprint density at radius 3 is 2.38 bits per heavy atom. The molecule has 32 heavy (non-hydrogen) atoms. The maximum atomic E-state index is 13.6. The summed E-state index contributed by atoms with van der Waals surface area (Å²) >= 11 is 0. The van der Waals surface area contributed by atoms with Crippen molar-refractivity contribution in [1.82, 2.24) is 4.90 Å². The van der Waals surface area contributed by atoms with Gasteiger partial charge >= 0.3 is 0 Å². The summed E-state index contributed by atoms with van der Waals surface area (Å²) in [6.07, 6.45) is 3.94.